The summed E-state index contributed by atoms with van der Waals surface area (Å²) >= 11 is 0. The molecule has 1 spiro atoms. The van der Waals surface area contributed by atoms with Gasteiger partial charge in [0.1, 0.15) is 12.1 Å². The van der Waals surface area contributed by atoms with Gasteiger partial charge < -0.3 is 15.5 Å². The summed E-state index contributed by atoms with van der Waals surface area (Å²) in [6, 6.07) is -0.409. The SMILES string of the molecule is CCC1CCC2(CC1)NC(=O)N(CC(=O)N1CCNCC1)C2=O. The maximum atomic E-state index is 12.8. The average Bonchev–Trinajstić information content (AvgIpc) is 2.81. The van der Waals surface area contributed by atoms with Crippen LogP contribution in [-0.2, 0) is 9.59 Å². The molecule has 1 aliphatic carbocycles. The highest BCUT2D eigenvalue weighted by molar-refractivity contribution is 6.09. The van der Waals surface area contributed by atoms with Gasteiger partial charge in [0.25, 0.3) is 5.91 Å². The zero-order valence-corrected chi connectivity index (χ0v) is 13.8. The Morgan fingerprint density at radius 3 is 2.48 bits per heavy atom. The Balaban J connectivity index is 1.63. The van der Waals surface area contributed by atoms with Gasteiger partial charge in [-0.2, -0.15) is 0 Å². The molecular formula is C16H26N4O3. The summed E-state index contributed by atoms with van der Waals surface area (Å²) in [5.74, 6) is 0.289. The third-order valence-corrected chi connectivity index (χ3v) is 5.55. The van der Waals surface area contributed by atoms with Crippen LogP contribution < -0.4 is 10.6 Å². The quantitative estimate of drug-likeness (QED) is 0.733. The molecule has 0 aromatic rings. The predicted molar refractivity (Wildman–Crippen MR) is 84.7 cm³/mol. The largest absolute Gasteiger partial charge is 0.339 e. The second kappa shape index (κ2) is 6.47. The zero-order valence-electron chi connectivity index (χ0n) is 13.8. The van der Waals surface area contributed by atoms with Crippen molar-refractivity contribution in [2.24, 2.45) is 5.92 Å². The van der Waals surface area contributed by atoms with Gasteiger partial charge in [-0.1, -0.05) is 13.3 Å². The lowest BCUT2D eigenvalue weighted by molar-refractivity contribution is -0.140. The molecule has 128 valence electrons. The lowest BCUT2D eigenvalue weighted by atomic mass is 9.75. The summed E-state index contributed by atoms with van der Waals surface area (Å²) in [4.78, 5) is 40.2. The van der Waals surface area contributed by atoms with Crippen LogP contribution in [0.15, 0.2) is 0 Å². The summed E-state index contributed by atoms with van der Waals surface area (Å²) in [5.41, 5.74) is -0.757. The molecule has 3 fully saturated rings. The Hall–Kier alpha value is -1.63. The molecule has 0 unspecified atom stereocenters. The van der Waals surface area contributed by atoms with Gasteiger partial charge in [0.15, 0.2) is 0 Å². The number of rotatable bonds is 3. The Morgan fingerprint density at radius 2 is 1.87 bits per heavy atom. The molecule has 23 heavy (non-hydrogen) atoms. The van der Waals surface area contributed by atoms with Crippen LogP contribution in [-0.4, -0.2) is 65.9 Å². The van der Waals surface area contributed by atoms with E-state index in [1.165, 1.54) is 0 Å². The van der Waals surface area contributed by atoms with Crippen LogP contribution >= 0.6 is 0 Å². The maximum Gasteiger partial charge on any atom is 0.325 e. The first-order chi connectivity index (χ1) is 11.1. The minimum Gasteiger partial charge on any atom is -0.339 e. The highest BCUT2D eigenvalue weighted by Gasteiger charge is 2.52. The van der Waals surface area contributed by atoms with E-state index in [-0.39, 0.29) is 18.4 Å². The number of urea groups is 1. The summed E-state index contributed by atoms with van der Waals surface area (Å²) in [5, 5.41) is 6.06. The zero-order chi connectivity index (χ0) is 16.4. The normalized spacial score (nSPS) is 31.6. The van der Waals surface area contributed by atoms with Crippen molar-refractivity contribution < 1.29 is 14.4 Å². The van der Waals surface area contributed by atoms with Crippen molar-refractivity contribution in [3.05, 3.63) is 0 Å². The third-order valence-electron chi connectivity index (χ3n) is 5.55. The first-order valence-electron chi connectivity index (χ1n) is 8.68. The number of imide groups is 1. The molecule has 0 aromatic heterocycles. The molecule has 1 saturated carbocycles. The highest BCUT2D eigenvalue weighted by Crippen LogP contribution is 2.37. The molecule has 7 nitrogen and oxygen atoms in total. The van der Waals surface area contributed by atoms with Crippen LogP contribution in [0.1, 0.15) is 39.0 Å². The Morgan fingerprint density at radius 1 is 1.22 bits per heavy atom. The molecule has 0 atom stereocenters. The van der Waals surface area contributed by atoms with Gasteiger partial charge in [-0.3, -0.25) is 14.5 Å². The van der Waals surface area contributed by atoms with Crippen LogP contribution in [0.5, 0.6) is 0 Å². The van der Waals surface area contributed by atoms with E-state index in [0.29, 0.717) is 31.8 Å². The fourth-order valence-corrected chi connectivity index (χ4v) is 3.89. The summed E-state index contributed by atoms with van der Waals surface area (Å²) in [7, 11) is 0. The van der Waals surface area contributed by atoms with Crippen molar-refractivity contribution in [2.45, 2.75) is 44.6 Å². The molecule has 2 saturated heterocycles. The van der Waals surface area contributed by atoms with Gasteiger partial charge in [-0.15, -0.1) is 0 Å². The van der Waals surface area contributed by atoms with Crippen LogP contribution in [0.3, 0.4) is 0 Å². The van der Waals surface area contributed by atoms with Crippen LogP contribution in [0, 0.1) is 5.92 Å². The van der Waals surface area contributed by atoms with Gasteiger partial charge in [0, 0.05) is 26.2 Å². The first-order valence-corrected chi connectivity index (χ1v) is 8.68. The predicted octanol–water partition coefficient (Wildman–Crippen LogP) is 0.309. The number of piperazine rings is 1. The van der Waals surface area contributed by atoms with E-state index in [0.717, 1.165) is 37.3 Å². The van der Waals surface area contributed by atoms with E-state index in [1.807, 2.05) is 0 Å². The number of amides is 4. The van der Waals surface area contributed by atoms with E-state index in [9.17, 15) is 14.4 Å². The molecule has 4 amide bonds. The molecule has 2 aliphatic heterocycles. The average molecular weight is 322 g/mol. The molecule has 0 aromatic carbocycles. The van der Waals surface area contributed by atoms with Crippen molar-refractivity contribution >= 4 is 17.8 Å². The van der Waals surface area contributed by atoms with Crippen LogP contribution in [0.2, 0.25) is 0 Å². The van der Waals surface area contributed by atoms with Crippen molar-refractivity contribution in [3.63, 3.8) is 0 Å². The van der Waals surface area contributed by atoms with E-state index in [1.54, 1.807) is 4.90 Å². The van der Waals surface area contributed by atoms with Gasteiger partial charge in [0.2, 0.25) is 5.91 Å². The number of nitrogens with one attached hydrogen (secondary N) is 2. The Bertz CT molecular complexity index is 494. The lowest BCUT2D eigenvalue weighted by Gasteiger charge is -2.34. The molecule has 0 radical (unpaired) electrons. The second-order valence-electron chi connectivity index (χ2n) is 6.89. The van der Waals surface area contributed by atoms with E-state index in [4.69, 9.17) is 0 Å². The second-order valence-corrected chi connectivity index (χ2v) is 6.89. The van der Waals surface area contributed by atoms with Crippen LogP contribution in [0.4, 0.5) is 4.79 Å². The summed E-state index contributed by atoms with van der Waals surface area (Å²) in [6.45, 7) is 4.81. The van der Waals surface area contributed by atoms with E-state index < -0.39 is 11.6 Å². The van der Waals surface area contributed by atoms with Gasteiger partial charge in [-0.05, 0) is 31.6 Å². The van der Waals surface area contributed by atoms with E-state index >= 15 is 0 Å². The van der Waals surface area contributed by atoms with Gasteiger partial charge >= 0.3 is 6.03 Å². The third kappa shape index (κ3) is 3.06. The number of hydrogen-bond donors (Lipinski definition) is 2. The standard InChI is InChI=1S/C16H26N4O3/c1-2-12-3-5-16(6-4-12)14(22)20(15(23)18-16)11-13(21)19-9-7-17-8-10-19/h12,17H,2-11H2,1H3,(H,18,23). The lowest BCUT2D eigenvalue weighted by Crippen LogP contribution is -2.52. The Labute approximate surface area is 136 Å². The Kier molecular flexibility index (Phi) is 4.57. The monoisotopic (exact) mass is 322 g/mol. The summed E-state index contributed by atoms with van der Waals surface area (Å²) in [6.07, 6.45) is 4.41. The highest BCUT2D eigenvalue weighted by atomic mass is 16.2. The molecule has 0 bridgehead atoms. The number of hydrogen-bond acceptors (Lipinski definition) is 4. The van der Waals surface area contributed by atoms with Gasteiger partial charge in [0.05, 0.1) is 0 Å². The minimum atomic E-state index is -0.757. The first kappa shape index (κ1) is 16.2. The van der Waals surface area contributed by atoms with Crippen molar-refractivity contribution in [3.8, 4) is 0 Å². The van der Waals surface area contributed by atoms with Crippen LogP contribution in [0.25, 0.3) is 0 Å². The fourth-order valence-electron chi connectivity index (χ4n) is 3.89. The number of nitrogens with zero attached hydrogens (tertiary/aromatic N) is 2. The molecular weight excluding hydrogens is 296 g/mol. The van der Waals surface area contributed by atoms with Gasteiger partial charge in [-0.25, -0.2) is 4.79 Å². The minimum absolute atomic E-state index is 0.135. The summed E-state index contributed by atoms with van der Waals surface area (Å²) < 4.78 is 0. The number of carbonyl (C=O) groups is 3. The smallest absolute Gasteiger partial charge is 0.325 e. The fraction of sp³-hybridized carbons (Fsp3) is 0.812. The molecule has 7 heteroatoms. The topological polar surface area (TPSA) is 81.8 Å². The molecule has 2 N–H and O–H groups in total. The van der Waals surface area contributed by atoms with Crippen molar-refractivity contribution in [2.75, 3.05) is 32.7 Å². The maximum absolute atomic E-state index is 12.8. The van der Waals surface area contributed by atoms with Crippen molar-refractivity contribution in [1.82, 2.24) is 20.4 Å². The molecule has 3 aliphatic rings. The number of carbonyl (C=O) groups excluding carboxylic acids is 3. The molecule has 3 rings (SSSR count). The van der Waals surface area contributed by atoms with Crippen molar-refractivity contribution in [1.29, 1.82) is 0 Å². The van der Waals surface area contributed by atoms with E-state index in [2.05, 4.69) is 17.6 Å². The molecule has 2 heterocycles.